The van der Waals surface area contributed by atoms with Gasteiger partial charge in [0.25, 0.3) is 5.91 Å². The summed E-state index contributed by atoms with van der Waals surface area (Å²) in [7, 11) is 3.47. The zero-order valence-corrected chi connectivity index (χ0v) is 16.2. The molecular weight excluding hydrogens is 360 g/mol. The van der Waals surface area contributed by atoms with Crippen LogP contribution in [-0.2, 0) is 18.7 Å². The molecule has 140 valence electrons. The highest BCUT2D eigenvalue weighted by Crippen LogP contribution is 2.21. The first-order chi connectivity index (χ1) is 13.0. The summed E-state index contributed by atoms with van der Waals surface area (Å²) in [6.07, 6.45) is 0.765. The molecule has 1 heterocycles. The van der Waals surface area contributed by atoms with E-state index in [2.05, 4.69) is 10.2 Å². The Bertz CT molecular complexity index is 963. The molecule has 0 saturated carbocycles. The third kappa shape index (κ3) is 4.89. The lowest BCUT2D eigenvalue weighted by molar-refractivity contribution is 0.0827. The van der Waals surface area contributed by atoms with E-state index < -0.39 is 0 Å². The number of rotatable bonds is 7. The monoisotopic (exact) mass is 382 g/mol. The third-order valence-corrected chi connectivity index (χ3v) is 5.19. The zero-order valence-electron chi connectivity index (χ0n) is 15.4. The second kappa shape index (κ2) is 8.73. The van der Waals surface area contributed by atoms with Crippen LogP contribution in [0.3, 0.4) is 0 Å². The Kier molecular flexibility index (Phi) is 6.13. The third-order valence-electron chi connectivity index (χ3n) is 4.14. The van der Waals surface area contributed by atoms with E-state index in [1.54, 1.807) is 29.6 Å². The maximum Gasteiger partial charge on any atom is 0.343 e. The first-order valence-corrected chi connectivity index (χ1v) is 9.65. The Labute approximate surface area is 162 Å². The highest BCUT2D eigenvalue weighted by molar-refractivity contribution is 7.98. The predicted molar refractivity (Wildman–Crippen MR) is 107 cm³/mol. The smallest absolute Gasteiger partial charge is 0.343 e. The van der Waals surface area contributed by atoms with Crippen LogP contribution in [0.4, 0.5) is 0 Å². The molecule has 2 aromatic carbocycles. The lowest BCUT2D eigenvalue weighted by atomic mass is 10.1. The molecule has 0 bridgehead atoms. The molecule has 0 saturated heterocycles. The molecule has 6 nitrogen and oxygen atoms in total. The van der Waals surface area contributed by atoms with E-state index in [1.807, 2.05) is 48.5 Å². The summed E-state index contributed by atoms with van der Waals surface area (Å²) in [4.78, 5) is 25.7. The summed E-state index contributed by atoms with van der Waals surface area (Å²) in [5.41, 5.74) is 2.64. The van der Waals surface area contributed by atoms with E-state index in [1.165, 1.54) is 17.3 Å². The minimum Gasteiger partial charge on any atom is -0.345 e. The zero-order chi connectivity index (χ0) is 19.2. The number of hydrogen-bond acceptors (Lipinski definition) is 4. The first kappa shape index (κ1) is 19.0. The van der Waals surface area contributed by atoms with Gasteiger partial charge in [-0.25, -0.2) is 9.89 Å². The molecular formula is C20H22N4O2S. The van der Waals surface area contributed by atoms with Gasteiger partial charge in [0.05, 0.1) is 0 Å². The molecule has 0 unspecified atom stereocenters. The topological polar surface area (TPSA) is 71.0 Å². The second-order valence-corrected chi connectivity index (χ2v) is 7.33. The molecule has 0 atom stereocenters. The van der Waals surface area contributed by atoms with Gasteiger partial charge in [0.2, 0.25) is 0 Å². The van der Waals surface area contributed by atoms with E-state index in [0.717, 1.165) is 12.0 Å². The van der Waals surface area contributed by atoms with Gasteiger partial charge in [-0.15, -0.1) is 5.10 Å². The van der Waals surface area contributed by atoms with Crippen molar-refractivity contribution in [3.05, 3.63) is 81.8 Å². The number of amides is 1. The summed E-state index contributed by atoms with van der Waals surface area (Å²) in [5.74, 6) is 0.603. The fourth-order valence-electron chi connectivity index (χ4n) is 2.70. The Morgan fingerprint density at radius 3 is 2.59 bits per heavy atom. The molecule has 1 N–H and O–H groups in total. The van der Waals surface area contributed by atoms with Gasteiger partial charge < -0.3 is 4.90 Å². The second-order valence-electron chi connectivity index (χ2n) is 6.39. The number of aromatic amines is 1. The molecule has 7 heteroatoms. The van der Waals surface area contributed by atoms with Crippen molar-refractivity contribution in [1.82, 2.24) is 19.7 Å². The Hall–Kier alpha value is -2.80. The van der Waals surface area contributed by atoms with Crippen LogP contribution in [0.2, 0.25) is 0 Å². The number of hydrogen-bond donors (Lipinski definition) is 1. The van der Waals surface area contributed by atoms with Crippen molar-refractivity contribution in [3.8, 4) is 0 Å². The Morgan fingerprint density at radius 2 is 1.85 bits per heavy atom. The number of benzene rings is 2. The van der Waals surface area contributed by atoms with Gasteiger partial charge in [0.15, 0.2) is 5.16 Å². The minimum atomic E-state index is -0.204. The highest BCUT2D eigenvalue weighted by Gasteiger charge is 2.11. The SMILES string of the molecule is CN(C)C(=O)c1cccc(CSc2n[nH]c(=O)n2CCc2ccccc2)c1. The predicted octanol–water partition coefficient (Wildman–Crippen LogP) is 2.81. The van der Waals surface area contributed by atoms with Crippen molar-refractivity contribution < 1.29 is 4.79 Å². The molecule has 0 aliphatic carbocycles. The van der Waals surface area contributed by atoms with Crippen LogP contribution in [-0.4, -0.2) is 39.7 Å². The fraction of sp³-hybridized carbons (Fsp3) is 0.250. The van der Waals surface area contributed by atoms with Crippen LogP contribution >= 0.6 is 11.8 Å². The van der Waals surface area contributed by atoms with Crippen LogP contribution in [0.1, 0.15) is 21.5 Å². The van der Waals surface area contributed by atoms with Crippen LogP contribution in [0.15, 0.2) is 64.5 Å². The van der Waals surface area contributed by atoms with Gasteiger partial charge in [-0.05, 0) is 29.7 Å². The van der Waals surface area contributed by atoms with Crippen LogP contribution in [0.25, 0.3) is 0 Å². The Balaban J connectivity index is 1.68. The fourth-order valence-corrected chi connectivity index (χ4v) is 3.61. The molecule has 1 amide bonds. The molecule has 0 radical (unpaired) electrons. The van der Waals surface area contributed by atoms with E-state index in [9.17, 15) is 9.59 Å². The number of nitrogens with one attached hydrogen (secondary N) is 1. The largest absolute Gasteiger partial charge is 0.345 e. The van der Waals surface area contributed by atoms with E-state index >= 15 is 0 Å². The quantitative estimate of drug-likeness (QED) is 0.638. The molecule has 1 aromatic heterocycles. The van der Waals surface area contributed by atoms with Crippen molar-refractivity contribution in [2.24, 2.45) is 0 Å². The average molecular weight is 382 g/mol. The summed E-state index contributed by atoms with van der Waals surface area (Å²) in [6.45, 7) is 0.570. The van der Waals surface area contributed by atoms with Gasteiger partial charge in [-0.1, -0.05) is 54.2 Å². The van der Waals surface area contributed by atoms with Crippen molar-refractivity contribution in [2.75, 3.05) is 14.1 Å². The number of nitrogens with zero attached hydrogens (tertiary/aromatic N) is 3. The van der Waals surface area contributed by atoms with Crippen molar-refractivity contribution >= 4 is 17.7 Å². The molecule has 3 rings (SSSR count). The number of aromatic nitrogens is 3. The van der Waals surface area contributed by atoms with Crippen molar-refractivity contribution in [2.45, 2.75) is 23.9 Å². The number of aryl methyl sites for hydroxylation is 1. The lowest BCUT2D eigenvalue weighted by Gasteiger charge is -2.11. The van der Waals surface area contributed by atoms with Crippen LogP contribution < -0.4 is 5.69 Å². The number of carbonyl (C=O) groups is 1. The standard InChI is InChI=1S/C20H22N4O2S/c1-23(2)18(25)17-10-6-9-16(13-17)14-27-20-22-21-19(26)24(20)12-11-15-7-4-3-5-8-15/h3-10,13H,11-12,14H2,1-2H3,(H,21,26). The van der Waals surface area contributed by atoms with Gasteiger partial charge in [0.1, 0.15) is 0 Å². The Morgan fingerprint density at radius 1 is 1.11 bits per heavy atom. The molecule has 0 aliphatic rings. The summed E-state index contributed by atoms with van der Waals surface area (Å²) < 4.78 is 1.66. The molecule has 0 fully saturated rings. The van der Waals surface area contributed by atoms with Crippen molar-refractivity contribution in [1.29, 1.82) is 0 Å². The van der Waals surface area contributed by atoms with E-state index in [-0.39, 0.29) is 11.6 Å². The van der Waals surface area contributed by atoms with E-state index in [4.69, 9.17) is 0 Å². The number of H-pyrrole nitrogens is 1. The molecule has 3 aromatic rings. The first-order valence-electron chi connectivity index (χ1n) is 8.67. The lowest BCUT2D eigenvalue weighted by Crippen LogP contribution is -2.21. The minimum absolute atomic E-state index is 0.0265. The molecule has 0 spiro atoms. The summed E-state index contributed by atoms with van der Waals surface area (Å²) in [6, 6.07) is 17.6. The summed E-state index contributed by atoms with van der Waals surface area (Å²) >= 11 is 1.48. The average Bonchev–Trinajstić information content (AvgIpc) is 3.04. The van der Waals surface area contributed by atoms with Gasteiger partial charge in [-0.3, -0.25) is 9.36 Å². The molecule has 27 heavy (non-hydrogen) atoms. The van der Waals surface area contributed by atoms with Crippen molar-refractivity contribution in [3.63, 3.8) is 0 Å². The van der Waals surface area contributed by atoms with Gasteiger partial charge in [0, 0.05) is 32.0 Å². The number of thioether (sulfide) groups is 1. The van der Waals surface area contributed by atoms with Crippen LogP contribution in [0.5, 0.6) is 0 Å². The number of carbonyl (C=O) groups excluding carboxylic acids is 1. The summed E-state index contributed by atoms with van der Waals surface area (Å²) in [5, 5.41) is 7.33. The van der Waals surface area contributed by atoms with Gasteiger partial charge >= 0.3 is 5.69 Å². The normalized spacial score (nSPS) is 10.7. The van der Waals surface area contributed by atoms with Gasteiger partial charge in [-0.2, -0.15) is 0 Å². The maximum absolute atomic E-state index is 12.1. The molecule has 0 aliphatic heterocycles. The highest BCUT2D eigenvalue weighted by atomic mass is 32.2. The van der Waals surface area contributed by atoms with E-state index in [0.29, 0.717) is 23.0 Å². The van der Waals surface area contributed by atoms with Crippen LogP contribution in [0, 0.1) is 0 Å². The maximum atomic E-state index is 12.1.